The Morgan fingerprint density at radius 3 is 2.83 bits per heavy atom. The minimum absolute atomic E-state index is 0.209. The molecular weight excluding hydrogens is 350 g/mol. The van der Waals surface area contributed by atoms with E-state index in [9.17, 15) is 8.42 Å². The first-order chi connectivity index (χ1) is 11.6. The highest BCUT2D eigenvalue weighted by atomic mass is 32.2. The van der Waals surface area contributed by atoms with Crippen molar-refractivity contribution in [3.8, 4) is 11.5 Å². The van der Waals surface area contributed by atoms with Crippen molar-refractivity contribution >= 4 is 21.8 Å². The van der Waals surface area contributed by atoms with Gasteiger partial charge in [-0.25, -0.2) is 8.42 Å². The van der Waals surface area contributed by atoms with Crippen LogP contribution in [0.3, 0.4) is 0 Å². The van der Waals surface area contributed by atoms with E-state index >= 15 is 0 Å². The summed E-state index contributed by atoms with van der Waals surface area (Å²) in [6.45, 7) is 5.16. The lowest BCUT2D eigenvalue weighted by Gasteiger charge is -2.26. The Bertz CT molecular complexity index is 814. The minimum Gasteiger partial charge on any atom is -0.411 e. The molecule has 1 saturated heterocycles. The van der Waals surface area contributed by atoms with E-state index in [4.69, 9.17) is 9.15 Å². The normalized spacial score (nSPS) is 16.2. The highest BCUT2D eigenvalue weighted by Gasteiger charge is 2.26. The average molecular weight is 367 g/mol. The van der Waals surface area contributed by atoms with E-state index in [0.717, 1.165) is 0 Å². The first kappa shape index (κ1) is 17.2. The Kier molecular flexibility index (Phi) is 5.34. The van der Waals surface area contributed by atoms with E-state index in [0.29, 0.717) is 48.7 Å². The predicted octanol–water partition coefficient (Wildman–Crippen LogP) is 2.04. The fourth-order valence-corrected chi connectivity index (χ4v) is 4.19. The standard InChI is InChI=1S/C15H17N3O4S2/c1-2-10-23-15-17-16-14(22-15)12-4-3-5-13(11-12)24(19,20)18-6-8-21-9-7-18/h2-5,11H,1,6-10H2. The topological polar surface area (TPSA) is 85.5 Å². The molecule has 1 aromatic carbocycles. The van der Waals surface area contributed by atoms with Crippen molar-refractivity contribution in [1.29, 1.82) is 0 Å². The van der Waals surface area contributed by atoms with Crippen LogP contribution in [0.25, 0.3) is 11.5 Å². The fraction of sp³-hybridized carbons (Fsp3) is 0.333. The number of benzene rings is 1. The van der Waals surface area contributed by atoms with Crippen molar-refractivity contribution in [2.45, 2.75) is 10.1 Å². The molecule has 0 amide bonds. The number of morpholine rings is 1. The molecule has 3 rings (SSSR count). The zero-order valence-corrected chi connectivity index (χ0v) is 14.6. The van der Waals surface area contributed by atoms with E-state index in [2.05, 4.69) is 16.8 Å². The van der Waals surface area contributed by atoms with Gasteiger partial charge in [-0.05, 0) is 18.2 Å². The van der Waals surface area contributed by atoms with Gasteiger partial charge in [0.15, 0.2) is 0 Å². The van der Waals surface area contributed by atoms with Gasteiger partial charge in [0.1, 0.15) is 0 Å². The van der Waals surface area contributed by atoms with Crippen LogP contribution in [0.4, 0.5) is 0 Å². The lowest BCUT2D eigenvalue weighted by atomic mass is 10.2. The number of hydrogen-bond donors (Lipinski definition) is 0. The van der Waals surface area contributed by atoms with Gasteiger partial charge in [0.25, 0.3) is 5.22 Å². The number of nitrogens with zero attached hydrogens (tertiary/aromatic N) is 3. The average Bonchev–Trinajstić information content (AvgIpc) is 3.10. The highest BCUT2D eigenvalue weighted by Crippen LogP contribution is 2.26. The molecule has 0 aliphatic carbocycles. The predicted molar refractivity (Wildman–Crippen MR) is 90.2 cm³/mol. The zero-order valence-electron chi connectivity index (χ0n) is 12.9. The van der Waals surface area contributed by atoms with Crippen LogP contribution in [0.15, 0.2) is 51.5 Å². The number of thioether (sulfide) groups is 1. The molecule has 128 valence electrons. The van der Waals surface area contributed by atoms with Crippen LogP contribution >= 0.6 is 11.8 Å². The first-order valence-corrected chi connectivity index (χ1v) is 9.79. The van der Waals surface area contributed by atoms with E-state index in [1.807, 2.05) is 0 Å². The maximum atomic E-state index is 12.7. The van der Waals surface area contributed by atoms with Gasteiger partial charge in [-0.1, -0.05) is 23.9 Å². The summed E-state index contributed by atoms with van der Waals surface area (Å²) in [4.78, 5) is 0.209. The number of hydrogen-bond acceptors (Lipinski definition) is 7. The summed E-state index contributed by atoms with van der Waals surface area (Å²) in [7, 11) is -3.55. The van der Waals surface area contributed by atoms with E-state index in [1.54, 1.807) is 30.3 Å². The number of ether oxygens (including phenoxy) is 1. The lowest BCUT2D eigenvalue weighted by Crippen LogP contribution is -2.40. The Balaban J connectivity index is 1.86. The second-order valence-electron chi connectivity index (χ2n) is 5.02. The van der Waals surface area contributed by atoms with Crippen LogP contribution in [0.5, 0.6) is 0 Å². The molecule has 9 heteroatoms. The van der Waals surface area contributed by atoms with E-state index < -0.39 is 10.0 Å². The Labute approximate surface area is 144 Å². The zero-order chi connectivity index (χ0) is 17.0. The van der Waals surface area contributed by atoms with E-state index in [-0.39, 0.29) is 4.90 Å². The second-order valence-corrected chi connectivity index (χ2v) is 7.93. The molecule has 0 bridgehead atoms. The van der Waals surface area contributed by atoms with Crippen molar-refractivity contribution in [3.63, 3.8) is 0 Å². The fourth-order valence-electron chi connectivity index (χ4n) is 2.24. The van der Waals surface area contributed by atoms with Gasteiger partial charge in [0.2, 0.25) is 15.9 Å². The maximum Gasteiger partial charge on any atom is 0.277 e. The largest absolute Gasteiger partial charge is 0.411 e. The molecule has 0 saturated carbocycles. The number of sulfonamides is 1. The molecule has 0 unspecified atom stereocenters. The molecule has 1 fully saturated rings. The lowest BCUT2D eigenvalue weighted by molar-refractivity contribution is 0.0730. The summed E-state index contributed by atoms with van der Waals surface area (Å²) in [5, 5.41) is 8.33. The monoisotopic (exact) mass is 367 g/mol. The van der Waals surface area contributed by atoms with Crippen molar-refractivity contribution in [1.82, 2.24) is 14.5 Å². The summed E-state index contributed by atoms with van der Waals surface area (Å²) in [6.07, 6.45) is 1.74. The van der Waals surface area contributed by atoms with Crippen LogP contribution in [0.1, 0.15) is 0 Å². The third-order valence-electron chi connectivity index (χ3n) is 3.42. The van der Waals surface area contributed by atoms with Crippen molar-refractivity contribution in [2.24, 2.45) is 0 Å². The van der Waals surface area contributed by atoms with Crippen LogP contribution in [0, 0.1) is 0 Å². The van der Waals surface area contributed by atoms with Gasteiger partial charge >= 0.3 is 0 Å². The molecule has 0 atom stereocenters. The molecule has 0 N–H and O–H groups in total. The third-order valence-corrected chi connectivity index (χ3v) is 6.13. The van der Waals surface area contributed by atoms with E-state index in [1.165, 1.54) is 16.1 Å². The third kappa shape index (κ3) is 3.69. The van der Waals surface area contributed by atoms with Crippen LogP contribution in [0.2, 0.25) is 0 Å². The molecule has 1 aliphatic rings. The molecule has 1 aliphatic heterocycles. The Morgan fingerprint density at radius 2 is 2.08 bits per heavy atom. The summed E-state index contributed by atoms with van der Waals surface area (Å²) in [5.74, 6) is 0.952. The SMILES string of the molecule is C=CCSc1nnc(-c2cccc(S(=O)(=O)N3CCOCC3)c2)o1. The van der Waals surface area contributed by atoms with Gasteiger partial charge in [-0.2, -0.15) is 4.31 Å². The summed E-state index contributed by atoms with van der Waals surface area (Å²) in [6, 6.07) is 6.54. The molecule has 0 radical (unpaired) electrons. The maximum absolute atomic E-state index is 12.7. The summed E-state index contributed by atoms with van der Waals surface area (Å²) in [5.41, 5.74) is 0.572. The van der Waals surface area contributed by atoms with Crippen LogP contribution in [-0.2, 0) is 14.8 Å². The smallest absolute Gasteiger partial charge is 0.277 e. The molecule has 2 aromatic rings. The van der Waals surface area contributed by atoms with Gasteiger partial charge in [-0.15, -0.1) is 16.8 Å². The van der Waals surface area contributed by atoms with Crippen LogP contribution < -0.4 is 0 Å². The number of aromatic nitrogens is 2. The molecule has 24 heavy (non-hydrogen) atoms. The molecule has 2 heterocycles. The van der Waals surface area contributed by atoms with Crippen LogP contribution in [-0.4, -0.2) is 55.0 Å². The van der Waals surface area contributed by atoms with Crippen molar-refractivity contribution < 1.29 is 17.6 Å². The summed E-state index contributed by atoms with van der Waals surface area (Å²) < 4.78 is 37.6. The minimum atomic E-state index is -3.55. The first-order valence-electron chi connectivity index (χ1n) is 7.37. The van der Waals surface area contributed by atoms with Gasteiger partial charge in [-0.3, -0.25) is 0 Å². The molecule has 7 nitrogen and oxygen atoms in total. The van der Waals surface area contributed by atoms with Gasteiger partial charge in [0, 0.05) is 24.4 Å². The Hall–Kier alpha value is -1.68. The molecule has 1 aromatic heterocycles. The molecular formula is C15H17N3O4S2. The quantitative estimate of drug-likeness (QED) is 0.570. The molecule has 0 spiro atoms. The number of rotatable bonds is 6. The van der Waals surface area contributed by atoms with Gasteiger partial charge < -0.3 is 9.15 Å². The Morgan fingerprint density at radius 1 is 1.29 bits per heavy atom. The highest BCUT2D eigenvalue weighted by molar-refractivity contribution is 7.99. The summed E-state index contributed by atoms with van der Waals surface area (Å²) >= 11 is 1.37. The van der Waals surface area contributed by atoms with Crippen molar-refractivity contribution in [2.75, 3.05) is 32.1 Å². The van der Waals surface area contributed by atoms with Gasteiger partial charge in [0.05, 0.1) is 18.1 Å². The van der Waals surface area contributed by atoms with Crippen molar-refractivity contribution in [3.05, 3.63) is 36.9 Å². The second kappa shape index (κ2) is 7.47.